The van der Waals surface area contributed by atoms with Crippen LogP contribution in [0.1, 0.15) is 62.2 Å². The largest absolute Gasteiger partial charge is 0.477 e. The number of nitrogens with zero attached hydrogens (tertiary/aromatic N) is 1. The molecule has 1 aromatic heterocycles. The van der Waals surface area contributed by atoms with Crippen LogP contribution in [0.5, 0.6) is 5.88 Å². The molecule has 5 atom stereocenters. The number of hydrogen-bond donors (Lipinski definition) is 1. The average Bonchev–Trinajstić information content (AvgIpc) is 2.83. The summed E-state index contributed by atoms with van der Waals surface area (Å²) >= 11 is 5.98. The van der Waals surface area contributed by atoms with Crippen molar-refractivity contribution < 1.29 is 9.53 Å². The van der Waals surface area contributed by atoms with E-state index in [1.807, 2.05) is 6.92 Å². The molecule has 3 fully saturated rings. The second-order valence-corrected chi connectivity index (χ2v) is 8.47. The monoisotopic (exact) mass is 362 g/mol. The van der Waals surface area contributed by atoms with E-state index in [-0.39, 0.29) is 11.9 Å². The summed E-state index contributed by atoms with van der Waals surface area (Å²) in [6.45, 7) is 2.56. The Bertz CT molecular complexity index is 651. The molecule has 4 rings (SSSR count). The van der Waals surface area contributed by atoms with Gasteiger partial charge in [-0.05, 0) is 80.8 Å². The number of ether oxygens (including phenoxy) is 1. The van der Waals surface area contributed by atoms with Crippen molar-refractivity contribution in [3.63, 3.8) is 0 Å². The van der Waals surface area contributed by atoms with E-state index in [2.05, 4.69) is 10.3 Å². The first-order chi connectivity index (χ1) is 12.1. The summed E-state index contributed by atoms with van der Waals surface area (Å²) in [6, 6.07) is 3.68. The van der Waals surface area contributed by atoms with Crippen molar-refractivity contribution in [2.24, 2.45) is 23.7 Å². The maximum Gasteiger partial charge on any atom is 0.256 e. The quantitative estimate of drug-likeness (QED) is 0.786. The Hall–Kier alpha value is -1.29. The molecule has 1 N–H and O–H groups in total. The second kappa shape index (κ2) is 7.14. The van der Waals surface area contributed by atoms with Gasteiger partial charge in [-0.25, -0.2) is 4.98 Å². The lowest BCUT2D eigenvalue weighted by atomic mass is 9.77. The third kappa shape index (κ3) is 3.51. The topological polar surface area (TPSA) is 51.2 Å². The normalized spacial score (nSPS) is 33.1. The molecule has 0 aromatic carbocycles. The lowest BCUT2D eigenvalue weighted by Crippen LogP contribution is -2.42. The van der Waals surface area contributed by atoms with Crippen LogP contribution in [0.2, 0.25) is 5.15 Å². The summed E-state index contributed by atoms with van der Waals surface area (Å²) < 4.78 is 5.65. The highest BCUT2D eigenvalue weighted by molar-refractivity contribution is 6.29. The van der Waals surface area contributed by atoms with Crippen molar-refractivity contribution >= 4 is 17.5 Å². The Labute approximate surface area is 154 Å². The molecule has 4 nitrogen and oxygen atoms in total. The summed E-state index contributed by atoms with van der Waals surface area (Å²) in [6.07, 6.45) is 8.68. The zero-order chi connectivity index (χ0) is 17.4. The van der Waals surface area contributed by atoms with Crippen LogP contribution in [0.3, 0.4) is 0 Å². The standard InChI is InChI=1S/C20H27ClN2O2/c1-2-7-25-20-16(4-6-18(21)23-20)19(24)22-17-5-3-13-8-12-9-14(13)11-15(17)10-12/h4,6,12-15,17H,2-3,5,7-11H2,1H3,(H,22,24)/t12?,13?,14?,15?,17-/m1/s1. The number of pyridine rings is 1. The molecule has 25 heavy (non-hydrogen) atoms. The van der Waals surface area contributed by atoms with Crippen LogP contribution >= 0.6 is 11.6 Å². The maximum atomic E-state index is 12.9. The molecule has 0 spiro atoms. The van der Waals surface area contributed by atoms with Crippen LogP contribution in [0.25, 0.3) is 0 Å². The van der Waals surface area contributed by atoms with Crippen LogP contribution in [0.15, 0.2) is 12.1 Å². The van der Waals surface area contributed by atoms with Gasteiger partial charge in [-0.2, -0.15) is 0 Å². The number of carbonyl (C=O) groups excluding carboxylic acids is 1. The minimum atomic E-state index is -0.0713. The fraction of sp³-hybridized carbons (Fsp3) is 0.700. The molecule has 4 unspecified atom stereocenters. The summed E-state index contributed by atoms with van der Waals surface area (Å²) in [7, 11) is 0. The van der Waals surface area contributed by atoms with Gasteiger partial charge >= 0.3 is 0 Å². The maximum absolute atomic E-state index is 12.9. The Morgan fingerprint density at radius 2 is 2.00 bits per heavy atom. The van der Waals surface area contributed by atoms with Crippen molar-refractivity contribution in [3.8, 4) is 5.88 Å². The molecule has 3 aliphatic carbocycles. The predicted molar refractivity (Wildman–Crippen MR) is 97.9 cm³/mol. The molecule has 136 valence electrons. The number of fused-ring (bicyclic) bond motifs is 2. The van der Waals surface area contributed by atoms with Crippen LogP contribution in [0, 0.1) is 23.7 Å². The first-order valence-corrected chi connectivity index (χ1v) is 10.1. The van der Waals surface area contributed by atoms with E-state index < -0.39 is 0 Å². The summed E-state index contributed by atoms with van der Waals surface area (Å²) in [5.74, 6) is 3.63. The van der Waals surface area contributed by atoms with E-state index in [0.29, 0.717) is 29.1 Å². The summed E-state index contributed by atoms with van der Waals surface area (Å²) in [5.41, 5.74) is 0.500. The molecule has 1 aromatic rings. The lowest BCUT2D eigenvalue weighted by Gasteiger charge is -2.33. The molecule has 1 heterocycles. The van der Waals surface area contributed by atoms with Gasteiger partial charge in [-0.1, -0.05) is 18.5 Å². The van der Waals surface area contributed by atoms with Gasteiger partial charge in [0.25, 0.3) is 5.91 Å². The van der Waals surface area contributed by atoms with Crippen molar-refractivity contribution in [3.05, 3.63) is 22.8 Å². The van der Waals surface area contributed by atoms with E-state index in [4.69, 9.17) is 16.3 Å². The molecular formula is C20H27ClN2O2. The SMILES string of the molecule is CCCOc1nc(Cl)ccc1C(=O)N[C@@H]1CCC2CC3CC2CC1C3. The van der Waals surface area contributed by atoms with Crippen LogP contribution < -0.4 is 10.1 Å². The zero-order valence-electron chi connectivity index (χ0n) is 14.8. The molecule has 3 saturated carbocycles. The molecule has 1 amide bonds. The van der Waals surface area contributed by atoms with Crippen molar-refractivity contribution in [2.75, 3.05) is 6.61 Å². The van der Waals surface area contributed by atoms with Gasteiger partial charge in [0.1, 0.15) is 10.7 Å². The van der Waals surface area contributed by atoms with Crippen LogP contribution in [-0.4, -0.2) is 23.5 Å². The zero-order valence-corrected chi connectivity index (χ0v) is 15.6. The van der Waals surface area contributed by atoms with Crippen LogP contribution in [0.4, 0.5) is 0 Å². The van der Waals surface area contributed by atoms with E-state index in [0.717, 1.165) is 30.6 Å². The highest BCUT2D eigenvalue weighted by atomic mass is 35.5. The number of amides is 1. The summed E-state index contributed by atoms with van der Waals surface area (Å²) in [4.78, 5) is 17.1. The van der Waals surface area contributed by atoms with Gasteiger partial charge in [0, 0.05) is 6.04 Å². The molecule has 0 saturated heterocycles. The molecule has 5 heteroatoms. The van der Waals surface area contributed by atoms with Gasteiger partial charge in [0.05, 0.1) is 6.61 Å². The molecular weight excluding hydrogens is 336 g/mol. The number of halogens is 1. The Morgan fingerprint density at radius 3 is 2.84 bits per heavy atom. The average molecular weight is 363 g/mol. The first-order valence-electron chi connectivity index (χ1n) is 9.74. The highest BCUT2D eigenvalue weighted by Crippen LogP contribution is 2.53. The Kier molecular flexibility index (Phi) is 4.90. The number of rotatable bonds is 5. The number of carbonyl (C=O) groups is 1. The molecule has 0 radical (unpaired) electrons. The van der Waals surface area contributed by atoms with Crippen molar-refractivity contribution in [2.45, 2.75) is 57.9 Å². The van der Waals surface area contributed by atoms with Crippen molar-refractivity contribution in [1.82, 2.24) is 10.3 Å². The number of nitrogens with one attached hydrogen (secondary N) is 1. The van der Waals surface area contributed by atoms with Gasteiger partial charge in [0.2, 0.25) is 5.88 Å². The third-order valence-corrected chi connectivity index (χ3v) is 6.64. The molecule has 3 bridgehead atoms. The number of hydrogen-bond acceptors (Lipinski definition) is 3. The smallest absolute Gasteiger partial charge is 0.256 e. The highest BCUT2D eigenvalue weighted by Gasteiger charge is 2.45. The van der Waals surface area contributed by atoms with Gasteiger partial charge in [0.15, 0.2) is 0 Å². The van der Waals surface area contributed by atoms with Gasteiger partial charge < -0.3 is 10.1 Å². The fourth-order valence-corrected chi connectivity index (χ4v) is 5.52. The minimum Gasteiger partial charge on any atom is -0.477 e. The predicted octanol–water partition coefficient (Wildman–Crippen LogP) is 4.47. The first kappa shape index (κ1) is 17.1. The van der Waals surface area contributed by atoms with E-state index in [9.17, 15) is 4.79 Å². The second-order valence-electron chi connectivity index (χ2n) is 8.08. The Morgan fingerprint density at radius 1 is 1.20 bits per heavy atom. The van der Waals surface area contributed by atoms with Gasteiger partial charge in [-0.15, -0.1) is 0 Å². The fourth-order valence-electron chi connectivity index (χ4n) is 5.38. The Balaban J connectivity index is 1.48. The van der Waals surface area contributed by atoms with E-state index >= 15 is 0 Å². The minimum absolute atomic E-state index is 0.0713. The van der Waals surface area contributed by atoms with Crippen LogP contribution in [-0.2, 0) is 0 Å². The van der Waals surface area contributed by atoms with E-state index in [1.54, 1.807) is 12.1 Å². The lowest BCUT2D eigenvalue weighted by molar-refractivity contribution is 0.0897. The van der Waals surface area contributed by atoms with E-state index in [1.165, 1.54) is 32.1 Å². The van der Waals surface area contributed by atoms with Gasteiger partial charge in [-0.3, -0.25) is 4.79 Å². The molecule has 0 aliphatic heterocycles. The summed E-state index contributed by atoms with van der Waals surface area (Å²) in [5, 5.41) is 3.66. The van der Waals surface area contributed by atoms with Crippen molar-refractivity contribution in [1.29, 1.82) is 0 Å². The molecule has 3 aliphatic rings. The third-order valence-electron chi connectivity index (χ3n) is 6.43. The number of aromatic nitrogens is 1.